The third kappa shape index (κ3) is 2.64. The second kappa shape index (κ2) is 5.37. The van der Waals surface area contributed by atoms with Crippen molar-refractivity contribution in [3.05, 3.63) is 28.8 Å². The molecule has 88 valence electrons. The molecule has 1 aromatic rings. The van der Waals surface area contributed by atoms with Crippen LogP contribution in [0.1, 0.15) is 16.7 Å². The van der Waals surface area contributed by atoms with E-state index < -0.39 is 0 Å². The molecule has 1 aromatic carbocycles. The molecule has 0 radical (unpaired) electrons. The Kier molecular flexibility index (Phi) is 4.13. The molecule has 0 saturated heterocycles. The summed E-state index contributed by atoms with van der Waals surface area (Å²) in [5.41, 5.74) is 8.02. The van der Waals surface area contributed by atoms with E-state index in [9.17, 15) is 0 Å². The molecule has 3 N–H and O–H groups in total. The first-order valence-corrected chi connectivity index (χ1v) is 4.81. The molecule has 0 amide bonds. The third-order valence-electron chi connectivity index (χ3n) is 2.18. The second-order valence-electron chi connectivity index (χ2n) is 3.48. The molecule has 0 saturated carbocycles. The van der Waals surface area contributed by atoms with Crippen LogP contribution in [0.25, 0.3) is 0 Å². The number of ether oxygens (including phenoxy) is 2. The largest absolute Gasteiger partial charge is 0.467 e. The zero-order valence-corrected chi connectivity index (χ0v) is 9.65. The van der Waals surface area contributed by atoms with E-state index in [1.807, 2.05) is 13.8 Å². The maximum absolute atomic E-state index is 8.59. The van der Waals surface area contributed by atoms with Gasteiger partial charge in [0.2, 0.25) is 0 Å². The minimum absolute atomic E-state index is 0.0875. The number of rotatable bonds is 4. The van der Waals surface area contributed by atoms with Gasteiger partial charge in [-0.05, 0) is 37.1 Å². The number of benzene rings is 1. The van der Waals surface area contributed by atoms with Crippen molar-refractivity contribution >= 4 is 5.84 Å². The van der Waals surface area contributed by atoms with Gasteiger partial charge in [-0.15, -0.1) is 0 Å². The summed E-state index contributed by atoms with van der Waals surface area (Å²) >= 11 is 0. The Hall–Kier alpha value is -1.75. The summed E-state index contributed by atoms with van der Waals surface area (Å²) < 4.78 is 10.3. The fourth-order valence-corrected chi connectivity index (χ4v) is 1.50. The number of oxime groups is 1. The Morgan fingerprint density at radius 2 is 1.94 bits per heavy atom. The number of hydrogen-bond donors (Lipinski definition) is 2. The molecule has 0 atom stereocenters. The molecule has 0 bridgehead atoms. The van der Waals surface area contributed by atoms with Gasteiger partial charge in [0, 0.05) is 12.7 Å². The van der Waals surface area contributed by atoms with E-state index in [1.165, 1.54) is 0 Å². The normalized spacial score (nSPS) is 11.6. The lowest BCUT2D eigenvalue weighted by Crippen LogP contribution is -2.14. The highest BCUT2D eigenvalue weighted by molar-refractivity contribution is 5.97. The fourth-order valence-electron chi connectivity index (χ4n) is 1.50. The lowest BCUT2D eigenvalue weighted by molar-refractivity contribution is 0.0501. The van der Waals surface area contributed by atoms with Gasteiger partial charge in [0.05, 0.1) is 0 Å². The van der Waals surface area contributed by atoms with Gasteiger partial charge >= 0.3 is 0 Å². The minimum atomic E-state index is 0.0875. The van der Waals surface area contributed by atoms with E-state index >= 15 is 0 Å². The van der Waals surface area contributed by atoms with Crippen LogP contribution in [0.2, 0.25) is 0 Å². The zero-order chi connectivity index (χ0) is 12.1. The van der Waals surface area contributed by atoms with Crippen molar-refractivity contribution in [2.24, 2.45) is 10.9 Å². The summed E-state index contributed by atoms with van der Waals surface area (Å²) in [5.74, 6) is 0.848. The number of methoxy groups -OCH3 is 1. The van der Waals surface area contributed by atoms with Crippen molar-refractivity contribution in [2.75, 3.05) is 13.9 Å². The average Bonchev–Trinajstić information content (AvgIpc) is 2.26. The van der Waals surface area contributed by atoms with Crippen LogP contribution < -0.4 is 10.5 Å². The van der Waals surface area contributed by atoms with E-state index in [2.05, 4.69) is 5.16 Å². The zero-order valence-electron chi connectivity index (χ0n) is 9.65. The lowest BCUT2D eigenvalue weighted by atomic mass is 10.1. The third-order valence-corrected chi connectivity index (χ3v) is 2.18. The Bertz CT molecular complexity index is 379. The topological polar surface area (TPSA) is 77.1 Å². The van der Waals surface area contributed by atoms with Crippen molar-refractivity contribution < 1.29 is 14.7 Å². The van der Waals surface area contributed by atoms with Gasteiger partial charge in [0.15, 0.2) is 12.6 Å². The van der Waals surface area contributed by atoms with Crippen LogP contribution in [0, 0.1) is 13.8 Å². The van der Waals surface area contributed by atoms with Crippen molar-refractivity contribution in [1.29, 1.82) is 0 Å². The summed E-state index contributed by atoms with van der Waals surface area (Å²) in [7, 11) is 1.56. The smallest absolute Gasteiger partial charge is 0.188 e. The molecule has 0 unspecified atom stereocenters. The van der Waals surface area contributed by atoms with Crippen LogP contribution in [0.5, 0.6) is 5.75 Å². The minimum Gasteiger partial charge on any atom is -0.467 e. The fraction of sp³-hybridized carbons (Fsp3) is 0.364. The predicted molar refractivity (Wildman–Crippen MR) is 60.9 cm³/mol. The number of hydrogen-bond acceptors (Lipinski definition) is 4. The molecule has 0 aliphatic rings. The van der Waals surface area contributed by atoms with Crippen molar-refractivity contribution in [1.82, 2.24) is 0 Å². The standard InChI is InChI=1S/C11H16N2O3/c1-7-4-9(11(12)13-14)5-8(2)10(7)16-6-15-3/h4-5,14H,6H2,1-3H3,(H2,12,13). The molecule has 0 spiro atoms. The van der Waals surface area contributed by atoms with E-state index in [-0.39, 0.29) is 12.6 Å². The molecule has 1 rings (SSSR count). The highest BCUT2D eigenvalue weighted by Crippen LogP contribution is 2.24. The van der Waals surface area contributed by atoms with Gasteiger partial charge in [0.25, 0.3) is 0 Å². The van der Waals surface area contributed by atoms with Crippen LogP contribution in [0.3, 0.4) is 0 Å². The quantitative estimate of drug-likeness (QED) is 0.266. The monoisotopic (exact) mass is 224 g/mol. The first-order valence-electron chi connectivity index (χ1n) is 4.81. The van der Waals surface area contributed by atoms with Crippen LogP contribution in [-0.2, 0) is 4.74 Å². The summed E-state index contributed by atoms with van der Waals surface area (Å²) in [6.07, 6.45) is 0. The van der Waals surface area contributed by atoms with Gasteiger partial charge in [-0.1, -0.05) is 5.16 Å². The maximum atomic E-state index is 8.59. The summed E-state index contributed by atoms with van der Waals surface area (Å²) in [6, 6.07) is 3.60. The molecular formula is C11H16N2O3. The number of amidine groups is 1. The molecule has 0 heterocycles. The van der Waals surface area contributed by atoms with E-state index in [0.717, 1.165) is 16.9 Å². The molecule has 5 nitrogen and oxygen atoms in total. The Morgan fingerprint density at radius 3 is 2.38 bits per heavy atom. The Balaban J connectivity index is 3.07. The van der Waals surface area contributed by atoms with Gasteiger partial charge in [-0.25, -0.2) is 0 Å². The number of aryl methyl sites for hydroxylation is 2. The van der Waals surface area contributed by atoms with Crippen molar-refractivity contribution in [3.8, 4) is 5.75 Å². The Labute approximate surface area is 94.5 Å². The van der Waals surface area contributed by atoms with Crippen LogP contribution in [0.15, 0.2) is 17.3 Å². The molecule has 0 fully saturated rings. The van der Waals surface area contributed by atoms with Crippen LogP contribution in [0.4, 0.5) is 0 Å². The number of nitrogens with zero attached hydrogens (tertiary/aromatic N) is 1. The lowest BCUT2D eigenvalue weighted by Gasteiger charge is -2.12. The highest BCUT2D eigenvalue weighted by atomic mass is 16.7. The van der Waals surface area contributed by atoms with E-state index in [0.29, 0.717) is 5.56 Å². The first kappa shape index (κ1) is 12.3. The van der Waals surface area contributed by atoms with E-state index in [1.54, 1.807) is 19.2 Å². The van der Waals surface area contributed by atoms with Crippen molar-refractivity contribution in [2.45, 2.75) is 13.8 Å². The van der Waals surface area contributed by atoms with Gasteiger partial charge in [-0.2, -0.15) is 0 Å². The van der Waals surface area contributed by atoms with Crippen LogP contribution >= 0.6 is 0 Å². The number of nitrogens with two attached hydrogens (primary N) is 1. The first-order chi connectivity index (χ1) is 7.60. The molecule has 5 heteroatoms. The van der Waals surface area contributed by atoms with Crippen molar-refractivity contribution in [3.63, 3.8) is 0 Å². The van der Waals surface area contributed by atoms with Gasteiger partial charge in [0.1, 0.15) is 5.75 Å². The molecule has 16 heavy (non-hydrogen) atoms. The summed E-state index contributed by atoms with van der Waals surface area (Å²) in [6.45, 7) is 3.99. The van der Waals surface area contributed by atoms with Gasteiger partial charge < -0.3 is 20.4 Å². The molecule has 0 aliphatic heterocycles. The van der Waals surface area contributed by atoms with Gasteiger partial charge in [-0.3, -0.25) is 0 Å². The van der Waals surface area contributed by atoms with E-state index in [4.69, 9.17) is 20.4 Å². The maximum Gasteiger partial charge on any atom is 0.188 e. The molecule has 0 aliphatic carbocycles. The molecular weight excluding hydrogens is 208 g/mol. The summed E-state index contributed by atoms with van der Waals surface area (Å²) in [4.78, 5) is 0. The highest BCUT2D eigenvalue weighted by Gasteiger charge is 2.08. The predicted octanol–water partition coefficient (Wildman–Crippen LogP) is 1.38. The summed E-state index contributed by atoms with van der Waals surface area (Å²) in [5, 5.41) is 11.6. The molecule has 0 aromatic heterocycles. The van der Waals surface area contributed by atoms with Crippen LogP contribution in [-0.4, -0.2) is 24.9 Å². The second-order valence-corrected chi connectivity index (χ2v) is 3.48. The SMILES string of the molecule is COCOc1c(C)cc(C(N)=NO)cc1C. The average molecular weight is 224 g/mol. The Morgan fingerprint density at radius 1 is 1.38 bits per heavy atom.